The van der Waals surface area contributed by atoms with E-state index in [4.69, 9.17) is 0 Å². The number of hydrogen-bond donors (Lipinski definition) is 1. The molecule has 0 aliphatic heterocycles. The first kappa shape index (κ1) is 16.2. The molecular weight excluding hydrogens is 282 g/mol. The topological polar surface area (TPSA) is 89.5 Å². The molecule has 1 rings (SSSR count). The molecule has 0 bridgehead atoms. The molecule has 0 radical (unpaired) electrons. The summed E-state index contributed by atoms with van der Waals surface area (Å²) in [6.45, 7) is 1.74. The van der Waals surface area contributed by atoms with Crippen LogP contribution in [0.1, 0.15) is 22.8 Å². The summed E-state index contributed by atoms with van der Waals surface area (Å²) < 4.78 is 26.9. The average molecular weight is 299 g/mol. The van der Waals surface area contributed by atoms with E-state index >= 15 is 0 Å². The van der Waals surface area contributed by atoms with Crippen molar-refractivity contribution < 1.29 is 22.7 Å². The summed E-state index contributed by atoms with van der Waals surface area (Å²) >= 11 is 0. The SMILES string of the molecule is CCOC(=O)CNC(=O)c1ccc(CS(C)(=O)=O)cc1. The zero-order valence-corrected chi connectivity index (χ0v) is 12.2. The largest absolute Gasteiger partial charge is 0.465 e. The highest BCUT2D eigenvalue weighted by Crippen LogP contribution is 2.07. The Labute approximate surface area is 118 Å². The van der Waals surface area contributed by atoms with Crippen LogP contribution in [-0.2, 0) is 25.1 Å². The monoisotopic (exact) mass is 299 g/mol. The van der Waals surface area contributed by atoms with Gasteiger partial charge >= 0.3 is 5.97 Å². The van der Waals surface area contributed by atoms with Crippen LogP contribution in [-0.4, -0.2) is 39.7 Å². The lowest BCUT2D eigenvalue weighted by Crippen LogP contribution is -2.30. The maximum absolute atomic E-state index is 11.7. The number of esters is 1. The second-order valence-electron chi connectivity index (χ2n) is 4.25. The maximum Gasteiger partial charge on any atom is 0.325 e. The van der Waals surface area contributed by atoms with Gasteiger partial charge in [-0.2, -0.15) is 0 Å². The molecule has 0 saturated heterocycles. The summed E-state index contributed by atoms with van der Waals surface area (Å²) in [5.74, 6) is -0.990. The van der Waals surface area contributed by atoms with Gasteiger partial charge in [-0.15, -0.1) is 0 Å². The fourth-order valence-corrected chi connectivity index (χ4v) is 2.32. The summed E-state index contributed by atoms with van der Waals surface area (Å²) in [6, 6.07) is 6.17. The molecule has 0 saturated carbocycles. The fourth-order valence-electron chi connectivity index (χ4n) is 1.52. The number of ether oxygens (including phenoxy) is 1. The number of rotatable bonds is 6. The van der Waals surface area contributed by atoms with E-state index in [2.05, 4.69) is 10.1 Å². The summed E-state index contributed by atoms with van der Waals surface area (Å²) in [5.41, 5.74) is 0.959. The first-order valence-corrected chi connectivity index (χ1v) is 8.08. The van der Waals surface area contributed by atoms with E-state index in [0.29, 0.717) is 11.1 Å². The maximum atomic E-state index is 11.7. The Bertz CT molecular complexity index is 577. The van der Waals surface area contributed by atoms with Crippen molar-refractivity contribution in [3.63, 3.8) is 0 Å². The van der Waals surface area contributed by atoms with Crippen molar-refractivity contribution in [2.24, 2.45) is 0 Å². The van der Waals surface area contributed by atoms with Crippen LogP contribution in [0.4, 0.5) is 0 Å². The number of amides is 1. The molecule has 20 heavy (non-hydrogen) atoms. The van der Waals surface area contributed by atoms with Crippen LogP contribution in [0.15, 0.2) is 24.3 Å². The van der Waals surface area contributed by atoms with Crippen LogP contribution in [0, 0.1) is 0 Å². The molecule has 0 fully saturated rings. The quantitative estimate of drug-likeness (QED) is 0.774. The van der Waals surface area contributed by atoms with Crippen molar-refractivity contribution >= 4 is 21.7 Å². The van der Waals surface area contributed by atoms with Gasteiger partial charge in [-0.25, -0.2) is 8.42 Å². The Kier molecular flexibility index (Phi) is 5.69. The lowest BCUT2D eigenvalue weighted by atomic mass is 10.1. The number of nitrogens with one attached hydrogen (secondary N) is 1. The smallest absolute Gasteiger partial charge is 0.325 e. The van der Waals surface area contributed by atoms with Crippen molar-refractivity contribution in [1.82, 2.24) is 5.32 Å². The molecule has 0 atom stereocenters. The van der Waals surface area contributed by atoms with Crippen LogP contribution in [0.25, 0.3) is 0 Å². The number of sulfone groups is 1. The van der Waals surface area contributed by atoms with Gasteiger partial charge in [0.1, 0.15) is 6.54 Å². The summed E-state index contributed by atoms with van der Waals surface area (Å²) in [6.07, 6.45) is 1.15. The molecule has 1 N–H and O–H groups in total. The predicted octanol–water partition coefficient (Wildman–Crippen LogP) is 0.524. The molecule has 0 aromatic heterocycles. The van der Waals surface area contributed by atoms with E-state index in [9.17, 15) is 18.0 Å². The highest BCUT2D eigenvalue weighted by atomic mass is 32.2. The van der Waals surface area contributed by atoms with Crippen LogP contribution >= 0.6 is 0 Å². The van der Waals surface area contributed by atoms with Crippen LogP contribution in [0.2, 0.25) is 0 Å². The van der Waals surface area contributed by atoms with Gasteiger partial charge in [0.2, 0.25) is 0 Å². The van der Waals surface area contributed by atoms with E-state index in [0.717, 1.165) is 6.26 Å². The van der Waals surface area contributed by atoms with Crippen LogP contribution in [0.5, 0.6) is 0 Å². The molecule has 0 unspecified atom stereocenters. The van der Waals surface area contributed by atoms with Gasteiger partial charge in [0.25, 0.3) is 5.91 Å². The van der Waals surface area contributed by atoms with E-state index < -0.39 is 21.7 Å². The van der Waals surface area contributed by atoms with Crippen molar-refractivity contribution in [3.8, 4) is 0 Å². The van der Waals surface area contributed by atoms with Gasteiger partial charge < -0.3 is 10.1 Å². The Morgan fingerprint density at radius 2 is 1.80 bits per heavy atom. The van der Waals surface area contributed by atoms with Crippen molar-refractivity contribution in [1.29, 1.82) is 0 Å². The Balaban J connectivity index is 2.60. The Hall–Kier alpha value is -1.89. The minimum Gasteiger partial charge on any atom is -0.465 e. The molecule has 0 aliphatic rings. The van der Waals surface area contributed by atoms with E-state index in [1.54, 1.807) is 19.1 Å². The molecule has 0 aliphatic carbocycles. The van der Waals surface area contributed by atoms with Gasteiger partial charge in [-0.3, -0.25) is 9.59 Å². The van der Waals surface area contributed by atoms with Crippen LogP contribution < -0.4 is 5.32 Å². The Morgan fingerprint density at radius 1 is 1.20 bits per heavy atom. The highest BCUT2D eigenvalue weighted by molar-refractivity contribution is 7.89. The van der Waals surface area contributed by atoms with E-state index in [-0.39, 0.29) is 18.9 Å². The lowest BCUT2D eigenvalue weighted by Gasteiger charge is -2.06. The van der Waals surface area contributed by atoms with Gasteiger partial charge in [0, 0.05) is 11.8 Å². The highest BCUT2D eigenvalue weighted by Gasteiger charge is 2.09. The minimum atomic E-state index is -3.10. The molecule has 1 aromatic rings. The standard InChI is InChI=1S/C13H17NO5S/c1-3-19-12(15)8-14-13(16)11-6-4-10(5-7-11)9-20(2,17)18/h4-7H,3,8-9H2,1-2H3,(H,14,16). The zero-order valence-electron chi connectivity index (χ0n) is 11.4. The summed E-state index contributed by atoms with van der Waals surface area (Å²) in [4.78, 5) is 22.8. The number of benzene rings is 1. The predicted molar refractivity (Wildman–Crippen MR) is 74.0 cm³/mol. The summed E-state index contributed by atoms with van der Waals surface area (Å²) in [5, 5.41) is 2.42. The van der Waals surface area contributed by atoms with Gasteiger partial charge in [-0.1, -0.05) is 12.1 Å². The average Bonchev–Trinajstić information content (AvgIpc) is 2.35. The molecule has 110 valence electrons. The van der Waals surface area contributed by atoms with Crippen molar-refractivity contribution in [2.75, 3.05) is 19.4 Å². The van der Waals surface area contributed by atoms with E-state index in [1.807, 2.05) is 0 Å². The third kappa shape index (κ3) is 5.83. The third-order valence-corrected chi connectivity index (χ3v) is 3.20. The number of carbonyl (C=O) groups excluding carboxylic acids is 2. The molecule has 0 heterocycles. The molecule has 1 aromatic carbocycles. The molecular formula is C13H17NO5S. The second kappa shape index (κ2) is 7.04. The van der Waals surface area contributed by atoms with E-state index in [1.165, 1.54) is 12.1 Å². The molecule has 0 spiro atoms. The third-order valence-electron chi connectivity index (χ3n) is 2.34. The second-order valence-corrected chi connectivity index (χ2v) is 6.39. The molecule has 6 nitrogen and oxygen atoms in total. The fraction of sp³-hybridized carbons (Fsp3) is 0.385. The van der Waals surface area contributed by atoms with Gasteiger partial charge in [-0.05, 0) is 24.6 Å². The Morgan fingerprint density at radius 3 is 2.30 bits per heavy atom. The minimum absolute atomic E-state index is 0.0717. The van der Waals surface area contributed by atoms with Gasteiger partial charge in [0.05, 0.1) is 12.4 Å². The van der Waals surface area contributed by atoms with Crippen molar-refractivity contribution in [3.05, 3.63) is 35.4 Å². The first-order valence-electron chi connectivity index (χ1n) is 6.02. The molecule has 1 amide bonds. The van der Waals surface area contributed by atoms with Crippen molar-refractivity contribution in [2.45, 2.75) is 12.7 Å². The number of carbonyl (C=O) groups is 2. The van der Waals surface area contributed by atoms with Crippen LogP contribution in [0.3, 0.4) is 0 Å². The summed E-state index contributed by atoms with van der Waals surface area (Å²) in [7, 11) is -3.10. The molecule has 7 heteroatoms. The van der Waals surface area contributed by atoms with Gasteiger partial charge in [0.15, 0.2) is 9.84 Å². The lowest BCUT2D eigenvalue weighted by molar-refractivity contribution is -0.141. The first-order chi connectivity index (χ1) is 9.31. The normalized spacial score (nSPS) is 10.9. The zero-order chi connectivity index (χ0) is 15.2. The number of hydrogen-bond acceptors (Lipinski definition) is 5.